The first-order valence-electron chi connectivity index (χ1n) is 2.91. The van der Waals surface area contributed by atoms with Crippen molar-refractivity contribution in [3.8, 4) is 11.1 Å². The third kappa shape index (κ3) is 0.897. The molecule has 0 atom stereocenters. The number of thiophene rings is 2. The molecule has 54 valence electrons. The van der Waals surface area contributed by atoms with E-state index >= 15 is 0 Å². The Morgan fingerprint density at radius 3 is 3.09 bits per heavy atom. The Morgan fingerprint density at radius 2 is 2.36 bits per heavy atom. The van der Waals surface area contributed by atoms with Gasteiger partial charge in [0.1, 0.15) is 6.07 Å². The number of aromatic hydroxyl groups is 1. The summed E-state index contributed by atoms with van der Waals surface area (Å²) in [6.07, 6.45) is 0. The van der Waals surface area contributed by atoms with Crippen molar-refractivity contribution in [2.24, 2.45) is 0 Å². The first kappa shape index (κ1) is 6.65. The van der Waals surface area contributed by atoms with Gasteiger partial charge in [0.25, 0.3) is 0 Å². The minimum absolute atomic E-state index is 0.281. The van der Waals surface area contributed by atoms with Crippen LogP contribution in [-0.4, -0.2) is 5.11 Å². The summed E-state index contributed by atoms with van der Waals surface area (Å²) >= 11 is 2.81. The molecule has 0 aromatic carbocycles. The number of nitriles is 1. The predicted octanol–water partition coefficient (Wildman–Crippen LogP) is 2.54. The van der Waals surface area contributed by atoms with Crippen molar-refractivity contribution in [2.75, 3.05) is 0 Å². The van der Waals surface area contributed by atoms with E-state index in [9.17, 15) is 0 Å². The third-order valence-corrected chi connectivity index (χ3v) is 3.44. The van der Waals surface area contributed by atoms with E-state index in [-0.39, 0.29) is 5.06 Å². The predicted molar refractivity (Wildman–Crippen MR) is 46.1 cm³/mol. The van der Waals surface area contributed by atoms with E-state index in [0.717, 1.165) is 9.40 Å². The quantitative estimate of drug-likeness (QED) is 0.678. The second-order valence-corrected chi connectivity index (χ2v) is 4.22. The fourth-order valence-corrected chi connectivity index (χ4v) is 2.84. The first-order valence-corrected chi connectivity index (χ1v) is 4.61. The van der Waals surface area contributed by atoms with Crippen LogP contribution >= 0.6 is 22.7 Å². The van der Waals surface area contributed by atoms with Crippen LogP contribution in [0, 0.1) is 11.3 Å². The highest BCUT2D eigenvalue weighted by atomic mass is 32.2. The molecule has 2 heterocycles. The van der Waals surface area contributed by atoms with Gasteiger partial charge >= 0.3 is 0 Å². The van der Waals surface area contributed by atoms with E-state index in [0.29, 0.717) is 5.56 Å². The number of nitrogens with zero attached hydrogens (tertiary/aromatic N) is 1. The number of fused-ring (bicyclic) bond motifs is 1. The van der Waals surface area contributed by atoms with Gasteiger partial charge in [0, 0.05) is 16.8 Å². The Balaban J connectivity index is 2.86. The molecule has 0 radical (unpaired) electrons. The summed E-state index contributed by atoms with van der Waals surface area (Å²) in [5.41, 5.74) is 0.654. The molecule has 0 aliphatic heterocycles. The molecule has 0 saturated carbocycles. The van der Waals surface area contributed by atoms with Gasteiger partial charge in [-0.25, -0.2) is 0 Å². The summed E-state index contributed by atoms with van der Waals surface area (Å²) in [6.45, 7) is 0. The summed E-state index contributed by atoms with van der Waals surface area (Å²) in [5, 5.41) is 20.7. The molecule has 0 saturated heterocycles. The Morgan fingerprint density at radius 1 is 1.55 bits per heavy atom. The highest BCUT2D eigenvalue weighted by Crippen LogP contribution is 2.36. The van der Waals surface area contributed by atoms with E-state index in [1.54, 1.807) is 11.4 Å². The van der Waals surface area contributed by atoms with Crippen molar-refractivity contribution >= 4 is 32.1 Å². The van der Waals surface area contributed by atoms with Gasteiger partial charge in [-0.1, -0.05) is 11.3 Å². The molecule has 0 aliphatic carbocycles. The molecule has 0 bridgehead atoms. The lowest BCUT2D eigenvalue weighted by molar-refractivity contribution is 0.491. The van der Waals surface area contributed by atoms with Crippen LogP contribution in [0.3, 0.4) is 0 Å². The number of rotatable bonds is 0. The zero-order chi connectivity index (χ0) is 7.84. The monoisotopic (exact) mass is 181 g/mol. The molecule has 1 N–H and O–H groups in total. The lowest BCUT2D eigenvalue weighted by atomic mass is 10.3. The average Bonchev–Trinajstić information content (AvgIpc) is 2.45. The Hall–Kier alpha value is -1.05. The first-order chi connectivity index (χ1) is 5.31. The van der Waals surface area contributed by atoms with Crippen molar-refractivity contribution in [2.45, 2.75) is 0 Å². The maximum absolute atomic E-state index is 9.08. The molecule has 11 heavy (non-hydrogen) atoms. The SMILES string of the molecule is N#Cc1csc2sc(O)cc12. The molecule has 2 rings (SSSR count). The van der Waals surface area contributed by atoms with E-state index < -0.39 is 0 Å². The molecule has 0 amide bonds. The van der Waals surface area contributed by atoms with Crippen molar-refractivity contribution in [3.05, 3.63) is 17.0 Å². The van der Waals surface area contributed by atoms with Crippen molar-refractivity contribution in [1.29, 1.82) is 5.26 Å². The summed E-state index contributed by atoms with van der Waals surface area (Å²) in [4.78, 5) is 0. The van der Waals surface area contributed by atoms with Gasteiger partial charge in [-0.2, -0.15) is 5.26 Å². The zero-order valence-electron chi connectivity index (χ0n) is 5.37. The van der Waals surface area contributed by atoms with Gasteiger partial charge < -0.3 is 5.11 Å². The standard InChI is InChI=1S/C7H3NOS2/c8-2-4-3-10-7-5(4)1-6(9)11-7/h1,3,9H. The number of hydrogen-bond donors (Lipinski definition) is 1. The minimum atomic E-state index is 0.281. The van der Waals surface area contributed by atoms with Crippen LogP contribution in [0.5, 0.6) is 5.06 Å². The Bertz CT molecular complexity index is 435. The fourth-order valence-electron chi connectivity index (χ4n) is 0.900. The van der Waals surface area contributed by atoms with Gasteiger partial charge in [0.05, 0.1) is 9.58 Å². The van der Waals surface area contributed by atoms with Crippen molar-refractivity contribution in [3.63, 3.8) is 0 Å². The van der Waals surface area contributed by atoms with Gasteiger partial charge in [-0.15, -0.1) is 11.3 Å². The molecule has 2 aromatic heterocycles. The Kier molecular flexibility index (Phi) is 1.34. The molecule has 2 aromatic rings. The Labute approximate surface area is 70.9 Å². The van der Waals surface area contributed by atoms with E-state index in [2.05, 4.69) is 6.07 Å². The van der Waals surface area contributed by atoms with E-state index in [4.69, 9.17) is 10.4 Å². The van der Waals surface area contributed by atoms with Crippen LogP contribution in [0.25, 0.3) is 9.40 Å². The highest BCUT2D eigenvalue weighted by Gasteiger charge is 2.06. The summed E-state index contributed by atoms with van der Waals surface area (Å²) in [6, 6.07) is 3.70. The smallest absolute Gasteiger partial charge is 0.173 e. The minimum Gasteiger partial charge on any atom is -0.499 e. The molecule has 0 fully saturated rings. The van der Waals surface area contributed by atoms with Gasteiger partial charge in [-0.3, -0.25) is 0 Å². The van der Waals surface area contributed by atoms with Gasteiger partial charge in [0.15, 0.2) is 5.06 Å². The molecule has 0 aliphatic rings. The normalized spacial score (nSPS) is 10.1. The zero-order valence-corrected chi connectivity index (χ0v) is 7.00. The van der Waals surface area contributed by atoms with Crippen molar-refractivity contribution in [1.82, 2.24) is 0 Å². The maximum atomic E-state index is 9.08. The third-order valence-electron chi connectivity index (χ3n) is 1.38. The topological polar surface area (TPSA) is 44.0 Å². The largest absolute Gasteiger partial charge is 0.499 e. The van der Waals surface area contributed by atoms with Crippen LogP contribution in [0.2, 0.25) is 0 Å². The summed E-state index contributed by atoms with van der Waals surface area (Å²) in [7, 11) is 0. The molecule has 4 heteroatoms. The molecular formula is C7H3NOS2. The second-order valence-electron chi connectivity index (χ2n) is 2.05. The average molecular weight is 181 g/mol. The van der Waals surface area contributed by atoms with E-state index in [1.807, 2.05) is 0 Å². The van der Waals surface area contributed by atoms with Gasteiger partial charge in [-0.05, 0) is 0 Å². The summed E-state index contributed by atoms with van der Waals surface area (Å²) in [5.74, 6) is 0. The number of hydrogen-bond acceptors (Lipinski definition) is 4. The molecule has 0 unspecified atom stereocenters. The van der Waals surface area contributed by atoms with Gasteiger partial charge in [0.2, 0.25) is 0 Å². The van der Waals surface area contributed by atoms with Crippen LogP contribution in [-0.2, 0) is 0 Å². The van der Waals surface area contributed by atoms with Crippen LogP contribution < -0.4 is 0 Å². The van der Waals surface area contributed by atoms with Crippen molar-refractivity contribution < 1.29 is 5.11 Å². The van der Waals surface area contributed by atoms with Crippen LogP contribution in [0.1, 0.15) is 5.56 Å². The molecule has 0 spiro atoms. The second kappa shape index (κ2) is 2.22. The lowest BCUT2D eigenvalue weighted by Gasteiger charge is -1.75. The highest BCUT2D eigenvalue weighted by molar-refractivity contribution is 7.38. The van der Waals surface area contributed by atoms with E-state index in [1.165, 1.54) is 22.7 Å². The fraction of sp³-hybridized carbons (Fsp3) is 0. The molecule has 2 nitrogen and oxygen atoms in total. The molecular weight excluding hydrogens is 178 g/mol. The lowest BCUT2D eigenvalue weighted by Crippen LogP contribution is -1.61. The van der Waals surface area contributed by atoms with Crippen LogP contribution in [0.4, 0.5) is 0 Å². The maximum Gasteiger partial charge on any atom is 0.173 e. The van der Waals surface area contributed by atoms with Crippen LogP contribution in [0.15, 0.2) is 11.4 Å². The summed E-state index contributed by atoms with van der Waals surface area (Å²) < 4.78 is 1.01.